The third-order valence-electron chi connectivity index (χ3n) is 6.49. The van der Waals surface area contributed by atoms with E-state index >= 15 is 0 Å². The average Bonchev–Trinajstić information content (AvgIpc) is 2.78. The highest BCUT2D eigenvalue weighted by Crippen LogP contribution is 2.36. The molecule has 1 atom stereocenters. The predicted octanol–water partition coefficient (Wildman–Crippen LogP) is 8.15. The fourth-order valence-corrected chi connectivity index (χ4v) is 4.45. The van der Waals surface area contributed by atoms with Crippen molar-refractivity contribution in [3.8, 4) is 0 Å². The first-order chi connectivity index (χ1) is 14.8. The van der Waals surface area contributed by atoms with Crippen LogP contribution in [-0.2, 0) is 4.74 Å². The van der Waals surface area contributed by atoms with Crippen molar-refractivity contribution in [3.63, 3.8) is 0 Å². The van der Waals surface area contributed by atoms with Gasteiger partial charge in [0.2, 0.25) is 5.82 Å². The van der Waals surface area contributed by atoms with E-state index in [2.05, 4.69) is 26.1 Å². The number of rotatable bonds is 16. The summed E-state index contributed by atoms with van der Waals surface area (Å²) in [7, 11) is 1.72. The zero-order chi connectivity index (χ0) is 23.4. The van der Waals surface area contributed by atoms with Gasteiger partial charge >= 0.3 is 0 Å². The Hall–Kier alpha value is -1.37. The van der Waals surface area contributed by atoms with Crippen LogP contribution in [0.3, 0.4) is 0 Å². The SMILES string of the molecule is CCCCCCCCC(CCCNc1c(F)c(F)c(F)c(F)c1F)C(CC)(CC)OC. The third-order valence-corrected chi connectivity index (χ3v) is 6.49. The first-order valence-electron chi connectivity index (χ1n) is 11.6. The molecule has 1 unspecified atom stereocenters. The Morgan fingerprint density at radius 2 is 1.19 bits per heavy atom. The molecule has 0 heterocycles. The van der Waals surface area contributed by atoms with Crippen molar-refractivity contribution >= 4 is 5.69 Å². The summed E-state index contributed by atoms with van der Waals surface area (Å²) in [6, 6.07) is 0. The van der Waals surface area contributed by atoms with Gasteiger partial charge in [0, 0.05) is 13.7 Å². The minimum Gasteiger partial charge on any atom is -0.380 e. The van der Waals surface area contributed by atoms with Crippen molar-refractivity contribution in [1.29, 1.82) is 0 Å². The minimum atomic E-state index is -2.14. The minimum absolute atomic E-state index is 0.110. The summed E-state index contributed by atoms with van der Waals surface area (Å²) in [5, 5.41) is 2.40. The highest BCUT2D eigenvalue weighted by Gasteiger charge is 2.35. The molecule has 0 aliphatic heterocycles. The molecule has 0 aliphatic carbocycles. The van der Waals surface area contributed by atoms with E-state index in [1.54, 1.807) is 7.11 Å². The molecule has 1 rings (SSSR count). The Labute approximate surface area is 183 Å². The summed E-state index contributed by atoms with van der Waals surface area (Å²) in [6.45, 7) is 6.48. The summed E-state index contributed by atoms with van der Waals surface area (Å²) < 4.78 is 73.5. The van der Waals surface area contributed by atoms with Gasteiger partial charge in [-0.25, -0.2) is 22.0 Å². The van der Waals surface area contributed by atoms with Crippen LogP contribution in [0.25, 0.3) is 0 Å². The maximum atomic E-state index is 13.8. The largest absolute Gasteiger partial charge is 0.380 e. The van der Waals surface area contributed by atoms with Crippen LogP contribution in [0.2, 0.25) is 0 Å². The zero-order valence-electron chi connectivity index (χ0n) is 19.4. The van der Waals surface area contributed by atoms with E-state index in [4.69, 9.17) is 4.74 Å². The molecule has 0 aliphatic rings. The predicted molar refractivity (Wildman–Crippen MR) is 116 cm³/mol. The molecule has 0 aromatic heterocycles. The van der Waals surface area contributed by atoms with Crippen LogP contribution < -0.4 is 5.32 Å². The number of ether oxygens (including phenoxy) is 1. The molecule has 0 fully saturated rings. The topological polar surface area (TPSA) is 21.3 Å². The van der Waals surface area contributed by atoms with Gasteiger partial charge in [-0.15, -0.1) is 0 Å². The third kappa shape index (κ3) is 7.33. The molecule has 1 aromatic carbocycles. The van der Waals surface area contributed by atoms with E-state index in [-0.39, 0.29) is 18.1 Å². The highest BCUT2D eigenvalue weighted by atomic mass is 19.2. The maximum Gasteiger partial charge on any atom is 0.200 e. The average molecular weight is 452 g/mol. The standard InChI is InChI=1S/C24H38F5NO/c1-5-8-9-10-11-12-14-17(24(6-2,7-3)31-4)15-13-16-30-23-21(28)19(26)18(25)20(27)22(23)29/h17,30H,5-16H2,1-4H3. The summed E-state index contributed by atoms with van der Waals surface area (Å²) in [6.07, 6.45) is 11.1. The van der Waals surface area contributed by atoms with E-state index in [9.17, 15) is 22.0 Å². The van der Waals surface area contributed by atoms with Crippen LogP contribution >= 0.6 is 0 Å². The summed E-state index contributed by atoms with van der Waals surface area (Å²) in [4.78, 5) is 0. The number of methoxy groups -OCH3 is 1. The molecule has 0 bridgehead atoms. The second kappa shape index (κ2) is 13.9. The Morgan fingerprint density at radius 1 is 0.710 bits per heavy atom. The van der Waals surface area contributed by atoms with E-state index in [0.29, 0.717) is 6.42 Å². The lowest BCUT2D eigenvalue weighted by Gasteiger charge is -2.39. The fourth-order valence-electron chi connectivity index (χ4n) is 4.45. The van der Waals surface area contributed by atoms with E-state index in [0.717, 1.165) is 38.5 Å². The maximum absolute atomic E-state index is 13.8. The number of hydrogen-bond acceptors (Lipinski definition) is 2. The molecule has 1 N–H and O–H groups in total. The lowest BCUT2D eigenvalue weighted by Crippen LogP contribution is -2.39. The number of halogens is 5. The Kier molecular flexibility index (Phi) is 12.4. The van der Waals surface area contributed by atoms with Crippen molar-refractivity contribution in [3.05, 3.63) is 29.1 Å². The first-order valence-corrected chi connectivity index (χ1v) is 11.6. The first kappa shape index (κ1) is 27.7. The number of hydrogen-bond donors (Lipinski definition) is 1. The van der Waals surface area contributed by atoms with E-state index in [1.807, 2.05) is 0 Å². The lowest BCUT2D eigenvalue weighted by atomic mass is 9.77. The molecule has 180 valence electrons. The van der Waals surface area contributed by atoms with E-state index in [1.165, 1.54) is 25.7 Å². The molecule has 0 amide bonds. The summed E-state index contributed by atoms with van der Waals surface area (Å²) >= 11 is 0. The van der Waals surface area contributed by atoms with Gasteiger partial charge in [0.1, 0.15) is 5.69 Å². The second-order valence-electron chi connectivity index (χ2n) is 8.24. The fraction of sp³-hybridized carbons (Fsp3) is 0.750. The molecular formula is C24H38F5NO. The molecule has 0 saturated heterocycles. The van der Waals surface area contributed by atoms with Gasteiger partial charge in [-0.05, 0) is 38.0 Å². The summed E-state index contributed by atoms with van der Waals surface area (Å²) in [5.41, 5.74) is -1.23. The second-order valence-corrected chi connectivity index (χ2v) is 8.24. The molecule has 0 radical (unpaired) electrons. The van der Waals surface area contributed by atoms with Gasteiger partial charge in [-0.3, -0.25) is 0 Å². The van der Waals surface area contributed by atoms with Gasteiger partial charge in [-0.2, -0.15) is 0 Å². The zero-order valence-corrected chi connectivity index (χ0v) is 19.4. The number of benzene rings is 1. The number of nitrogens with one attached hydrogen (secondary N) is 1. The van der Waals surface area contributed by atoms with Gasteiger partial charge in [-0.1, -0.05) is 59.3 Å². The van der Waals surface area contributed by atoms with Gasteiger partial charge in [0.05, 0.1) is 5.60 Å². The van der Waals surface area contributed by atoms with Crippen LogP contribution in [0.5, 0.6) is 0 Å². The lowest BCUT2D eigenvalue weighted by molar-refractivity contribution is -0.0708. The normalized spacial score (nSPS) is 12.9. The van der Waals surface area contributed by atoms with Crippen LogP contribution in [0.15, 0.2) is 0 Å². The molecular weight excluding hydrogens is 413 g/mol. The number of anilines is 1. The quantitative estimate of drug-likeness (QED) is 0.118. The van der Waals surface area contributed by atoms with Gasteiger partial charge in [0.15, 0.2) is 23.3 Å². The molecule has 31 heavy (non-hydrogen) atoms. The van der Waals surface area contributed by atoms with Crippen molar-refractivity contribution in [2.75, 3.05) is 19.0 Å². The molecule has 1 aromatic rings. The molecule has 2 nitrogen and oxygen atoms in total. The molecule has 0 spiro atoms. The van der Waals surface area contributed by atoms with Crippen molar-refractivity contribution in [1.82, 2.24) is 0 Å². The molecule has 0 saturated carbocycles. The van der Waals surface area contributed by atoms with Crippen LogP contribution in [-0.4, -0.2) is 19.3 Å². The van der Waals surface area contributed by atoms with Crippen molar-refractivity contribution < 1.29 is 26.7 Å². The summed E-state index contributed by atoms with van der Waals surface area (Å²) in [5.74, 6) is -9.40. The van der Waals surface area contributed by atoms with Gasteiger partial charge < -0.3 is 10.1 Å². The number of unbranched alkanes of at least 4 members (excludes halogenated alkanes) is 5. The van der Waals surface area contributed by atoms with Crippen molar-refractivity contribution in [2.24, 2.45) is 5.92 Å². The van der Waals surface area contributed by atoms with Crippen LogP contribution in [0.4, 0.5) is 27.6 Å². The Bertz CT molecular complexity index is 627. The Balaban J connectivity index is 2.72. The Morgan fingerprint density at radius 3 is 1.71 bits per heavy atom. The van der Waals surface area contributed by atoms with Crippen LogP contribution in [0, 0.1) is 35.0 Å². The smallest absolute Gasteiger partial charge is 0.200 e. The van der Waals surface area contributed by atoms with E-state index < -0.39 is 34.8 Å². The molecule has 7 heteroatoms. The monoisotopic (exact) mass is 451 g/mol. The van der Waals surface area contributed by atoms with Crippen LogP contribution in [0.1, 0.15) is 91.4 Å². The van der Waals surface area contributed by atoms with Gasteiger partial charge in [0.25, 0.3) is 0 Å². The van der Waals surface area contributed by atoms with Crippen molar-refractivity contribution in [2.45, 2.75) is 97.0 Å². The highest BCUT2D eigenvalue weighted by molar-refractivity contribution is 5.47.